The Morgan fingerprint density at radius 2 is 2.13 bits per heavy atom. The molecule has 5 nitrogen and oxygen atoms in total. The summed E-state index contributed by atoms with van der Waals surface area (Å²) >= 11 is 0. The predicted octanol–water partition coefficient (Wildman–Crippen LogP) is 1.76. The van der Waals surface area contributed by atoms with E-state index in [1.54, 1.807) is 19.2 Å². The summed E-state index contributed by atoms with van der Waals surface area (Å²) in [4.78, 5) is 11.9. The molecule has 1 fully saturated rings. The zero-order valence-electron chi connectivity index (χ0n) is 13.3. The van der Waals surface area contributed by atoms with Gasteiger partial charge in [0.05, 0.1) is 6.61 Å². The molecule has 1 saturated heterocycles. The van der Waals surface area contributed by atoms with E-state index >= 15 is 0 Å². The summed E-state index contributed by atoms with van der Waals surface area (Å²) in [7, 11) is 1.68. The minimum absolute atomic E-state index is 0. The molecule has 0 radical (unpaired) electrons. The van der Waals surface area contributed by atoms with Gasteiger partial charge in [0.2, 0.25) is 0 Å². The molecule has 0 aliphatic carbocycles. The molecule has 0 aromatic heterocycles. The number of halogens is 2. The average molecular weight is 347 g/mol. The van der Waals surface area contributed by atoms with Gasteiger partial charge in [-0.15, -0.1) is 12.4 Å². The van der Waals surface area contributed by atoms with Gasteiger partial charge in [-0.1, -0.05) is 6.07 Å². The van der Waals surface area contributed by atoms with Crippen molar-refractivity contribution in [3.05, 3.63) is 30.1 Å². The summed E-state index contributed by atoms with van der Waals surface area (Å²) in [6.45, 7) is 2.93. The maximum absolute atomic E-state index is 13.0. The molecule has 1 heterocycles. The second kappa shape index (κ2) is 9.70. The lowest BCUT2D eigenvalue weighted by molar-refractivity contribution is -0.124. The summed E-state index contributed by atoms with van der Waals surface area (Å²) in [5, 5.41) is 6.21. The number of nitrogens with one attached hydrogen (secondary N) is 2. The molecule has 1 aromatic rings. The molecule has 1 aliphatic rings. The third kappa shape index (κ3) is 6.33. The minimum Gasteiger partial charge on any atom is -0.484 e. The molecule has 23 heavy (non-hydrogen) atoms. The van der Waals surface area contributed by atoms with Crippen molar-refractivity contribution in [1.82, 2.24) is 10.6 Å². The fourth-order valence-corrected chi connectivity index (χ4v) is 2.68. The first-order valence-electron chi connectivity index (χ1n) is 7.48. The lowest BCUT2D eigenvalue weighted by atomic mass is 9.79. The summed E-state index contributed by atoms with van der Waals surface area (Å²) in [6, 6.07) is 5.76. The van der Waals surface area contributed by atoms with Crippen LogP contribution in [0.5, 0.6) is 5.75 Å². The van der Waals surface area contributed by atoms with Crippen LogP contribution in [0.15, 0.2) is 24.3 Å². The topological polar surface area (TPSA) is 59.6 Å². The van der Waals surface area contributed by atoms with Crippen molar-refractivity contribution in [3.8, 4) is 5.75 Å². The highest BCUT2D eigenvalue weighted by molar-refractivity contribution is 5.85. The first-order chi connectivity index (χ1) is 10.6. The van der Waals surface area contributed by atoms with Gasteiger partial charge in [-0.2, -0.15) is 0 Å². The van der Waals surface area contributed by atoms with Crippen molar-refractivity contribution in [2.45, 2.75) is 12.8 Å². The Hall–Kier alpha value is -1.37. The van der Waals surface area contributed by atoms with E-state index in [9.17, 15) is 9.18 Å². The lowest BCUT2D eigenvalue weighted by Crippen LogP contribution is -2.47. The third-order valence-electron chi connectivity index (χ3n) is 3.94. The Kier molecular flexibility index (Phi) is 8.30. The van der Waals surface area contributed by atoms with Crippen LogP contribution in [0.25, 0.3) is 0 Å². The van der Waals surface area contributed by atoms with Crippen molar-refractivity contribution in [2.75, 3.05) is 40.0 Å². The van der Waals surface area contributed by atoms with E-state index < -0.39 is 0 Å². The SMILES string of the molecule is COCC1(CNC(=O)COc2cccc(F)c2)CCNCC1.Cl. The molecule has 1 aliphatic heterocycles. The van der Waals surface area contributed by atoms with E-state index in [0.717, 1.165) is 25.9 Å². The van der Waals surface area contributed by atoms with Gasteiger partial charge in [0.1, 0.15) is 11.6 Å². The number of hydrogen-bond donors (Lipinski definition) is 2. The van der Waals surface area contributed by atoms with Crippen LogP contribution >= 0.6 is 12.4 Å². The molecule has 0 atom stereocenters. The van der Waals surface area contributed by atoms with Crippen molar-refractivity contribution in [1.29, 1.82) is 0 Å². The molecule has 2 N–H and O–H groups in total. The Morgan fingerprint density at radius 3 is 2.78 bits per heavy atom. The Bertz CT molecular complexity index is 490. The number of piperidine rings is 1. The van der Waals surface area contributed by atoms with Crippen LogP contribution in [0.2, 0.25) is 0 Å². The standard InChI is InChI=1S/C16H23FN2O3.ClH/c1-21-12-16(5-7-18-8-6-16)11-19-15(20)10-22-14-4-2-3-13(17)9-14;/h2-4,9,18H,5-8,10-12H2,1H3,(H,19,20);1H. The predicted molar refractivity (Wildman–Crippen MR) is 88.6 cm³/mol. The summed E-state index contributed by atoms with van der Waals surface area (Å²) in [5.74, 6) is -0.242. The molecule has 0 bridgehead atoms. The van der Waals surface area contributed by atoms with Crippen molar-refractivity contribution < 1.29 is 18.7 Å². The number of rotatable bonds is 7. The molecular formula is C16H24ClFN2O3. The van der Waals surface area contributed by atoms with Gasteiger partial charge in [0, 0.05) is 25.1 Å². The van der Waals surface area contributed by atoms with E-state index in [-0.39, 0.29) is 36.2 Å². The molecular weight excluding hydrogens is 323 g/mol. The maximum Gasteiger partial charge on any atom is 0.257 e. The number of carbonyl (C=O) groups excluding carboxylic acids is 1. The number of benzene rings is 1. The first-order valence-corrected chi connectivity index (χ1v) is 7.48. The molecule has 130 valence electrons. The Balaban J connectivity index is 0.00000264. The lowest BCUT2D eigenvalue weighted by Gasteiger charge is -2.37. The van der Waals surface area contributed by atoms with Crippen molar-refractivity contribution >= 4 is 18.3 Å². The first kappa shape index (κ1) is 19.7. The van der Waals surface area contributed by atoms with E-state index in [4.69, 9.17) is 9.47 Å². The average Bonchev–Trinajstić information content (AvgIpc) is 2.52. The van der Waals surface area contributed by atoms with E-state index in [1.807, 2.05) is 0 Å². The van der Waals surface area contributed by atoms with E-state index in [1.165, 1.54) is 12.1 Å². The Morgan fingerprint density at radius 1 is 1.39 bits per heavy atom. The van der Waals surface area contributed by atoms with E-state index in [0.29, 0.717) is 18.9 Å². The fraction of sp³-hybridized carbons (Fsp3) is 0.562. The third-order valence-corrected chi connectivity index (χ3v) is 3.94. The van der Waals surface area contributed by atoms with Gasteiger partial charge in [-0.25, -0.2) is 4.39 Å². The van der Waals surface area contributed by atoms with Crippen LogP contribution in [-0.2, 0) is 9.53 Å². The van der Waals surface area contributed by atoms with Gasteiger partial charge < -0.3 is 20.1 Å². The second-order valence-electron chi connectivity index (χ2n) is 5.71. The normalized spacial score (nSPS) is 16.3. The van der Waals surface area contributed by atoms with Crippen LogP contribution in [0.3, 0.4) is 0 Å². The molecule has 0 saturated carbocycles. The number of methoxy groups -OCH3 is 1. The minimum atomic E-state index is -0.383. The zero-order chi connectivity index (χ0) is 15.8. The van der Waals surface area contributed by atoms with Gasteiger partial charge >= 0.3 is 0 Å². The summed E-state index contributed by atoms with van der Waals surface area (Å²) in [5.41, 5.74) is -0.0193. The highest BCUT2D eigenvalue weighted by atomic mass is 35.5. The zero-order valence-corrected chi connectivity index (χ0v) is 14.1. The number of carbonyl (C=O) groups is 1. The number of amides is 1. The number of hydrogen-bond acceptors (Lipinski definition) is 4. The van der Waals surface area contributed by atoms with Crippen molar-refractivity contribution in [3.63, 3.8) is 0 Å². The monoisotopic (exact) mass is 346 g/mol. The van der Waals surface area contributed by atoms with Crippen molar-refractivity contribution in [2.24, 2.45) is 5.41 Å². The van der Waals surface area contributed by atoms with Crippen LogP contribution in [-0.4, -0.2) is 45.9 Å². The smallest absolute Gasteiger partial charge is 0.257 e. The Labute approximate surface area is 142 Å². The van der Waals surface area contributed by atoms with Gasteiger partial charge in [-0.05, 0) is 38.1 Å². The van der Waals surface area contributed by atoms with Crippen LogP contribution in [0.4, 0.5) is 4.39 Å². The molecule has 7 heteroatoms. The maximum atomic E-state index is 13.0. The van der Waals surface area contributed by atoms with Crippen LogP contribution in [0, 0.1) is 11.2 Å². The molecule has 1 aromatic carbocycles. The van der Waals surface area contributed by atoms with Gasteiger partial charge in [0.25, 0.3) is 5.91 Å². The largest absolute Gasteiger partial charge is 0.484 e. The molecule has 0 spiro atoms. The highest BCUT2D eigenvalue weighted by Crippen LogP contribution is 2.28. The van der Waals surface area contributed by atoms with Crippen LogP contribution < -0.4 is 15.4 Å². The highest BCUT2D eigenvalue weighted by Gasteiger charge is 2.32. The second-order valence-corrected chi connectivity index (χ2v) is 5.71. The summed E-state index contributed by atoms with van der Waals surface area (Å²) < 4.78 is 23.6. The number of ether oxygens (including phenoxy) is 2. The van der Waals surface area contributed by atoms with Gasteiger partial charge in [0.15, 0.2) is 6.61 Å². The molecule has 1 amide bonds. The van der Waals surface area contributed by atoms with Gasteiger partial charge in [-0.3, -0.25) is 4.79 Å². The van der Waals surface area contributed by atoms with Crippen LogP contribution in [0.1, 0.15) is 12.8 Å². The molecule has 0 unspecified atom stereocenters. The quantitative estimate of drug-likeness (QED) is 0.790. The fourth-order valence-electron chi connectivity index (χ4n) is 2.68. The molecule has 2 rings (SSSR count). The van der Waals surface area contributed by atoms with E-state index in [2.05, 4.69) is 10.6 Å². The summed E-state index contributed by atoms with van der Waals surface area (Å²) in [6.07, 6.45) is 1.93.